The molecule has 0 aliphatic rings. The predicted molar refractivity (Wildman–Crippen MR) is 134 cm³/mol. The fraction of sp³-hybridized carbons (Fsp3) is 0.280. The lowest BCUT2D eigenvalue weighted by Crippen LogP contribution is -2.41. The van der Waals surface area contributed by atoms with E-state index in [-0.39, 0.29) is 17.5 Å². The maximum Gasteiger partial charge on any atom is 0.328 e. The molecular weight excluding hydrogens is 507 g/mol. The summed E-state index contributed by atoms with van der Waals surface area (Å²) in [5.74, 6) is -1.80. The van der Waals surface area contributed by atoms with Gasteiger partial charge in [-0.1, -0.05) is 35.3 Å². The molecule has 1 amide bonds. The molecule has 0 spiro atoms. The van der Waals surface area contributed by atoms with E-state index in [1.165, 1.54) is 26.3 Å². The highest BCUT2D eigenvalue weighted by atomic mass is 35.5. The first-order chi connectivity index (χ1) is 17.1. The highest BCUT2D eigenvalue weighted by Crippen LogP contribution is 2.36. The lowest BCUT2D eigenvalue weighted by molar-refractivity contribution is -0.152. The lowest BCUT2D eigenvalue weighted by Gasteiger charge is -2.24. The average molecular weight is 531 g/mol. The van der Waals surface area contributed by atoms with Gasteiger partial charge in [0.15, 0.2) is 17.2 Å². The monoisotopic (exact) mass is 530 g/mol. The number of aromatic hydroxyl groups is 1. The van der Waals surface area contributed by atoms with Gasteiger partial charge in [0.1, 0.15) is 18.2 Å². The highest BCUT2D eigenvalue weighted by molar-refractivity contribution is 6.43. The number of nitrogens with zero attached hydrogens (tertiary/aromatic N) is 3. The van der Waals surface area contributed by atoms with E-state index >= 15 is 0 Å². The molecule has 11 heteroatoms. The van der Waals surface area contributed by atoms with Gasteiger partial charge in [-0.2, -0.15) is 5.26 Å². The summed E-state index contributed by atoms with van der Waals surface area (Å²) in [5.41, 5.74) is 1.32. The number of hydrogen-bond acceptors (Lipinski definition) is 7. The van der Waals surface area contributed by atoms with Gasteiger partial charge < -0.3 is 24.5 Å². The normalized spacial score (nSPS) is 13.2. The topological polar surface area (TPSA) is 126 Å². The van der Waals surface area contributed by atoms with Gasteiger partial charge in [-0.25, -0.2) is 9.78 Å². The third-order valence-electron chi connectivity index (χ3n) is 5.68. The Bertz CT molecular complexity index is 1330. The van der Waals surface area contributed by atoms with Gasteiger partial charge in [-0.15, -0.1) is 0 Å². The summed E-state index contributed by atoms with van der Waals surface area (Å²) in [6, 6.07) is 7.33. The molecule has 0 radical (unpaired) electrons. The predicted octanol–water partition coefficient (Wildman–Crippen LogP) is 4.75. The van der Waals surface area contributed by atoms with Crippen LogP contribution in [-0.4, -0.2) is 45.8 Å². The number of carbonyl (C=O) groups excluding carboxylic acids is 2. The van der Waals surface area contributed by atoms with Gasteiger partial charge in [0.05, 0.1) is 28.8 Å². The van der Waals surface area contributed by atoms with Crippen molar-refractivity contribution in [1.82, 2.24) is 14.9 Å². The number of benzene rings is 1. The minimum absolute atomic E-state index is 0.0784. The van der Waals surface area contributed by atoms with Crippen LogP contribution in [0.25, 0.3) is 11.1 Å². The Balaban J connectivity index is 1.71. The van der Waals surface area contributed by atoms with Gasteiger partial charge in [0.2, 0.25) is 0 Å². The van der Waals surface area contributed by atoms with Crippen LogP contribution >= 0.6 is 23.2 Å². The highest BCUT2D eigenvalue weighted by Gasteiger charge is 2.26. The molecule has 36 heavy (non-hydrogen) atoms. The van der Waals surface area contributed by atoms with Crippen molar-refractivity contribution in [2.75, 3.05) is 7.11 Å². The molecule has 3 rings (SSSR count). The summed E-state index contributed by atoms with van der Waals surface area (Å²) in [6.07, 6.45) is 4.07. The Morgan fingerprint density at radius 3 is 2.56 bits per heavy atom. The molecule has 2 N–H and O–H groups in total. The van der Waals surface area contributed by atoms with E-state index < -0.39 is 29.8 Å². The fourth-order valence-corrected chi connectivity index (χ4v) is 3.84. The number of methoxy groups -OCH3 is 1. The van der Waals surface area contributed by atoms with Crippen molar-refractivity contribution >= 4 is 35.1 Å². The fourth-order valence-electron chi connectivity index (χ4n) is 3.44. The van der Waals surface area contributed by atoms with Crippen LogP contribution < -0.4 is 10.1 Å². The average Bonchev–Trinajstić information content (AvgIpc) is 3.29. The zero-order valence-corrected chi connectivity index (χ0v) is 21.5. The first kappa shape index (κ1) is 26.9. The second-order valence-corrected chi connectivity index (χ2v) is 8.82. The van der Waals surface area contributed by atoms with E-state index in [0.717, 1.165) is 0 Å². The van der Waals surface area contributed by atoms with E-state index in [9.17, 15) is 20.0 Å². The number of carbonyl (C=O) groups is 2. The molecule has 3 unspecified atom stereocenters. The quantitative estimate of drug-likeness (QED) is 0.402. The van der Waals surface area contributed by atoms with E-state index in [1.807, 2.05) is 6.92 Å². The van der Waals surface area contributed by atoms with Crippen LogP contribution in [0.4, 0.5) is 0 Å². The number of amides is 1. The molecule has 2 heterocycles. The molecule has 3 aromatic rings. The molecule has 2 aromatic heterocycles. The van der Waals surface area contributed by atoms with Gasteiger partial charge >= 0.3 is 5.97 Å². The number of nitriles is 1. The smallest absolute Gasteiger partial charge is 0.328 e. The molecule has 0 aliphatic heterocycles. The summed E-state index contributed by atoms with van der Waals surface area (Å²) >= 11 is 12.5. The van der Waals surface area contributed by atoms with Crippen LogP contribution in [0.5, 0.6) is 11.5 Å². The number of halogens is 2. The van der Waals surface area contributed by atoms with Crippen molar-refractivity contribution in [2.45, 2.75) is 39.0 Å². The van der Waals surface area contributed by atoms with Crippen molar-refractivity contribution in [2.24, 2.45) is 0 Å². The Morgan fingerprint density at radius 2 is 1.89 bits per heavy atom. The first-order valence-electron chi connectivity index (χ1n) is 10.9. The van der Waals surface area contributed by atoms with Gasteiger partial charge in [-0.05, 0) is 26.8 Å². The second kappa shape index (κ2) is 11.3. The number of rotatable bonds is 8. The molecule has 9 nitrogen and oxygen atoms in total. The van der Waals surface area contributed by atoms with Crippen LogP contribution in [0.15, 0.2) is 42.9 Å². The Labute approximate surface area is 218 Å². The van der Waals surface area contributed by atoms with E-state index in [1.54, 1.807) is 42.1 Å². The van der Waals surface area contributed by atoms with Crippen LogP contribution in [0.1, 0.15) is 42.9 Å². The molecular formula is C25H24Cl2N4O5. The summed E-state index contributed by atoms with van der Waals surface area (Å²) in [7, 11) is 1.34. The van der Waals surface area contributed by atoms with Crippen molar-refractivity contribution in [3.63, 3.8) is 0 Å². The number of hydrogen-bond donors (Lipinski definition) is 2. The summed E-state index contributed by atoms with van der Waals surface area (Å²) in [5, 5.41) is 22.9. The van der Waals surface area contributed by atoms with Crippen LogP contribution in [0.2, 0.25) is 10.0 Å². The van der Waals surface area contributed by atoms with Crippen molar-refractivity contribution in [1.29, 1.82) is 5.26 Å². The minimum Gasteiger partial charge on any atom is -0.503 e. The summed E-state index contributed by atoms with van der Waals surface area (Å²) < 4.78 is 12.3. The summed E-state index contributed by atoms with van der Waals surface area (Å²) in [4.78, 5) is 29.0. The molecule has 3 atom stereocenters. The summed E-state index contributed by atoms with van der Waals surface area (Å²) in [6.45, 7) is 4.98. The number of ether oxygens (including phenoxy) is 2. The zero-order chi connectivity index (χ0) is 26.6. The maximum absolute atomic E-state index is 12.7. The van der Waals surface area contributed by atoms with Crippen LogP contribution in [0.3, 0.4) is 0 Å². The Hall–Kier alpha value is -3.74. The van der Waals surface area contributed by atoms with Crippen LogP contribution in [-0.2, 0) is 9.53 Å². The number of aromatic nitrogens is 2. The van der Waals surface area contributed by atoms with Gasteiger partial charge in [0, 0.05) is 35.8 Å². The number of pyridine rings is 1. The second-order valence-electron chi connectivity index (χ2n) is 8.03. The van der Waals surface area contributed by atoms with E-state index in [0.29, 0.717) is 26.7 Å². The molecule has 0 fully saturated rings. The van der Waals surface area contributed by atoms with Crippen molar-refractivity contribution < 1.29 is 24.2 Å². The molecule has 0 saturated heterocycles. The SMILES string of the molecule is COc1ccnc(C(=O)NC(C)C(=O)OC(C)C(C)n2cc(C#N)c(-c3cccc(Cl)c3Cl)c2)c1O. The van der Waals surface area contributed by atoms with Crippen molar-refractivity contribution in [3.05, 3.63) is 64.2 Å². The van der Waals surface area contributed by atoms with Gasteiger partial charge in [0.25, 0.3) is 5.91 Å². The number of esters is 1. The first-order valence-corrected chi connectivity index (χ1v) is 11.6. The minimum atomic E-state index is -1.03. The van der Waals surface area contributed by atoms with E-state index in [4.69, 9.17) is 32.7 Å². The molecule has 0 saturated carbocycles. The molecule has 188 valence electrons. The molecule has 1 aromatic carbocycles. The third kappa shape index (κ3) is 5.56. The largest absolute Gasteiger partial charge is 0.503 e. The van der Waals surface area contributed by atoms with Gasteiger partial charge in [-0.3, -0.25) is 4.79 Å². The standard InChI is InChI=1S/C25H24Cl2N4O5/c1-13(30-24(33)22-23(32)20(35-4)8-9-29-22)25(34)36-15(3)14(2)31-11-16(10-28)18(12-31)17-6-5-7-19(26)21(17)27/h5-9,11-15,32H,1-4H3,(H,30,33). The Morgan fingerprint density at radius 1 is 1.17 bits per heavy atom. The van der Waals surface area contributed by atoms with Crippen LogP contribution in [0, 0.1) is 11.3 Å². The third-order valence-corrected chi connectivity index (χ3v) is 6.50. The number of nitrogens with one attached hydrogen (secondary N) is 1. The van der Waals surface area contributed by atoms with Crippen molar-refractivity contribution in [3.8, 4) is 28.7 Å². The lowest BCUT2D eigenvalue weighted by atomic mass is 10.1. The molecule has 0 bridgehead atoms. The molecule has 0 aliphatic carbocycles. The van der Waals surface area contributed by atoms with E-state index in [2.05, 4.69) is 16.4 Å². The Kier molecular flexibility index (Phi) is 8.45. The maximum atomic E-state index is 12.7. The zero-order valence-electron chi connectivity index (χ0n) is 20.0.